The molecular weight excluding hydrogens is 442 g/mol. The van der Waals surface area contributed by atoms with E-state index in [-0.39, 0.29) is 24.1 Å². The summed E-state index contributed by atoms with van der Waals surface area (Å²) in [5, 5.41) is 7.60. The number of amides is 3. The number of hydrogen-bond acceptors (Lipinski definition) is 5. The summed E-state index contributed by atoms with van der Waals surface area (Å²) in [5.74, 6) is -0.406. The van der Waals surface area contributed by atoms with Gasteiger partial charge in [-0.1, -0.05) is 30.3 Å². The number of fused-ring (bicyclic) bond motifs is 3. The summed E-state index contributed by atoms with van der Waals surface area (Å²) in [6.07, 6.45) is 1.37. The highest BCUT2D eigenvalue weighted by Crippen LogP contribution is 2.40. The second-order valence-corrected chi connectivity index (χ2v) is 8.40. The van der Waals surface area contributed by atoms with Crippen molar-refractivity contribution in [2.24, 2.45) is 0 Å². The van der Waals surface area contributed by atoms with Gasteiger partial charge in [0, 0.05) is 37.1 Å². The Hall–Kier alpha value is -4.72. The zero-order valence-corrected chi connectivity index (χ0v) is 19.3. The molecule has 4 aromatic rings. The highest BCUT2D eigenvalue weighted by Gasteiger charge is 2.28. The summed E-state index contributed by atoms with van der Waals surface area (Å²) in [6, 6.07) is 21.8. The van der Waals surface area contributed by atoms with Crippen molar-refractivity contribution >= 4 is 57.1 Å². The minimum Gasteiger partial charge on any atom is -0.362 e. The van der Waals surface area contributed by atoms with E-state index in [9.17, 15) is 14.4 Å². The van der Waals surface area contributed by atoms with Crippen molar-refractivity contribution in [3.63, 3.8) is 0 Å². The van der Waals surface area contributed by atoms with Crippen LogP contribution in [0.3, 0.4) is 0 Å². The van der Waals surface area contributed by atoms with Crippen LogP contribution in [0.5, 0.6) is 0 Å². The molecule has 0 atom stereocenters. The van der Waals surface area contributed by atoms with Crippen LogP contribution < -0.4 is 20.4 Å². The van der Waals surface area contributed by atoms with Gasteiger partial charge in [-0.3, -0.25) is 19.3 Å². The first kappa shape index (κ1) is 22.1. The fourth-order valence-electron chi connectivity index (χ4n) is 4.22. The fraction of sp³-hybridized carbons (Fsp3) is 0.111. The van der Waals surface area contributed by atoms with Crippen molar-refractivity contribution in [2.45, 2.75) is 6.42 Å². The Morgan fingerprint density at radius 3 is 2.51 bits per heavy atom. The van der Waals surface area contributed by atoms with Gasteiger partial charge >= 0.3 is 0 Å². The van der Waals surface area contributed by atoms with Crippen LogP contribution in [0.2, 0.25) is 0 Å². The number of pyridine rings is 1. The standard InChI is InChI=1S/C27H23N5O3/c1-31(2)26-21(8-5-15-28-26)27(35)29-18-10-12-19(13-11-18)32-22-14-9-17-6-3-4-7-20(17)25(22)30-23(33)16-24(32)34/h3-15H,16H2,1-2H3,(H,29,35)(H,30,33). The third-order valence-corrected chi connectivity index (χ3v) is 5.81. The average Bonchev–Trinajstić information content (AvgIpc) is 2.99. The van der Waals surface area contributed by atoms with Crippen LogP contribution in [-0.2, 0) is 9.59 Å². The van der Waals surface area contributed by atoms with Crippen LogP contribution in [0.15, 0.2) is 79.0 Å². The largest absolute Gasteiger partial charge is 0.362 e. The number of carbonyl (C=O) groups is 3. The molecule has 35 heavy (non-hydrogen) atoms. The third kappa shape index (κ3) is 4.17. The summed E-state index contributed by atoms with van der Waals surface area (Å²) >= 11 is 0. The van der Waals surface area contributed by atoms with E-state index in [2.05, 4.69) is 15.6 Å². The SMILES string of the molecule is CN(C)c1ncccc1C(=O)Nc1ccc(N2C(=O)CC(=O)Nc3c2ccc2ccccc32)cc1. The van der Waals surface area contributed by atoms with E-state index in [1.807, 2.05) is 50.5 Å². The maximum absolute atomic E-state index is 13.1. The molecule has 0 saturated carbocycles. The minimum absolute atomic E-state index is 0.268. The lowest BCUT2D eigenvalue weighted by molar-refractivity contribution is -0.124. The molecule has 0 fully saturated rings. The van der Waals surface area contributed by atoms with E-state index < -0.39 is 0 Å². The molecule has 1 aliphatic rings. The molecule has 0 spiro atoms. The first-order chi connectivity index (χ1) is 16.9. The molecule has 1 aromatic heterocycles. The van der Waals surface area contributed by atoms with Crippen molar-refractivity contribution in [3.05, 3.63) is 84.6 Å². The summed E-state index contributed by atoms with van der Waals surface area (Å²) < 4.78 is 0. The van der Waals surface area contributed by atoms with E-state index in [4.69, 9.17) is 0 Å². The zero-order chi connectivity index (χ0) is 24.5. The molecule has 8 nitrogen and oxygen atoms in total. The molecule has 0 saturated heterocycles. The summed E-state index contributed by atoms with van der Waals surface area (Å²) in [4.78, 5) is 45.9. The summed E-state index contributed by atoms with van der Waals surface area (Å²) in [6.45, 7) is 0. The normalized spacial score (nSPS) is 13.1. The lowest BCUT2D eigenvalue weighted by Gasteiger charge is -2.23. The zero-order valence-electron chi connectivity index (χ0n) is 19.3. The van der Waals surface area contributed by atoms with Gasteiger partial charge in [-0.25, -0.2) is 4.98 Å². The van der Waals surface area contributed by atoms with Gasteiger partial charge in [-0.2, -0.15) is 0 Å². The molecule has 8 heteroatoms. The predicted molar refractivity (Wildman–Crippen MR) is 137 cm³/mol. The molecule has 5 rings (SSSR count). The Morgan fingerprint density at radius 1 is 0.971 bits per heavy atom. The van der Waals surface area contributed by atoms with E-state index in [1.165, 1.54) is 4.90 Å². The Labute approximate surface area is 202 Å². The first-order valence-corrected chi connectivity index (χ1v) is 11.1. The molecule has 2 heterocycles. The molecule has 0 aliphatic carbocycles. The summed E-state index contributed by atoms with van der Waals surface area (Å²) in [5.41, 5.74) is 2.82. The number of nitrogens with zero attached hydrogens (tertiary/aromatic N) is 3. The number of nitrogens with one attached hydrogen (secondary N) is 2. The lowest BCUT2D eigenvalue weighted by Crippen LogP contribution is -2.26. The van der Waals surface area contributed by atoms with Crippen LogP contribution >= 0.6 is 0 Å². The van der Waals surface area contributed by atoms with Gasteiger partial charge in [-0.15, -0.1) is 0 Å². The van der Waals surface area contributed by atoms with E-state index in [0.717, 1.165) is 10.8 Å². The Morgan fingerprint density at radius 2 is 1.74 bits per heavy atom. The van der Waals surface area contributed by atoms with Crippen molar-refractivity contribution in [3.8, 4) is 0 Å². The van der Waals surface area contributed by atoms with Gasteiger partial charge in [0.05, 0.1) is 16.9 Å². The molecule has 3 aromatic carbocycles. The number of anilines is 5. The highest BCUT2D eigenvalue weighted by molar-refractivity contribution is 6.21. The van der Waals surface area contributed by atoms with Crippen LogP contribution in [0, 0.1) is 0 Å². The first-order valence-electron chi connectivity index (χ1n) is 11.1. The number of hydrogen-bond donors (Lipinski definition) is 2. The second-order valence-electron chi connectivity index (χ2n) is 8.40. The molecule has 0 bridgehead atoms. The number of benzene rings is 3. The topological polar surface area (TPSA) is 94.6 Å². The van der Waals surface area contributed by atoms with Gasteiger partial charge in [0.1, 0.15) is 12.2 Å². The predicted octanol–water partition coefficient (Wildman–Crippen LogP) is 4.56. The molecule has 3 amide bonds. The quantitative estimate of drug-likeness (QED) is 0.431. The summed E-state index contributed by atoms with van der Waals surface area (Å²) in [7, 11) is 3.65. The monoisotopic (exact) mass is 465 g/mol. The highest BCUT2D eigenvalue weighted by atomic mass is 16.2. The smallest absolute Gasteiger partial charge is 0.259 e. The van der Waals surface area contributed by atoms with Crippen LogP contribution in [0.25, 0.3) is 10.8 Å². The van der Waals surface area contributed by atoms with Gasteiger partial charge in [0.2, 0.25) is 11.8 Å². The third-order valence-electron chi connectivity index (χ3n) is 5.81. The maximum atomic E-state index is 13.1. The number of rotatable bonds is 4. The maximum Gasteiger partial charge on any atom is 0.259 e. The van der Waals surface area contributed by atoms with Crippen LogP contribution in [0.1, 0.15) is 16.8 Å². The Balaban J connectivity index is 1.47. The van der Waals surface area contributed by atoms with Crippen molar-refractivity contribution < 1.29 is 14.4 Å². The van der Waals surface area contributed by atoms with E-state index in [1.54, 1.807) is 47.5 Å². The van der Waals surface area contributed by atoms with Crippen LogP contribution in [0.4, 0.5) is 28.6 Å². The Bertz CT molecular complexity index is 1460. The molecule has 0 radical (unpaired) electrons. The van der Waals surface area contributed by atoms with Crippen LogP contribution in [-0.4, -0.2) is 36.8 Å². The number of carbonyl (C=O) groups excluding carboxylic acids is 3. The van der Waals surface area contributed by atoms with Gasteiger partial charge < -0.3 is 15.5 Å². The number of aromatic nitrogens is 1. The molecule has 1 aliphatic heterocycles. The van der Waals surface area contributed by atoms with E-state index >= 15 is 0 Å². The molecule has 0 unspecified atom stereocenters. The van der Waals surface area contributed by atoms with Crippen molar-refractivity contribution in [1.82, 2.24) is 4.98 Å². The molecule has 2 N–H and O–H groups in total. The van der Waals surface area contributed by atoms with Crippen molar-refractivity contribution in [2.75, 3.05) is 34.5 Å². The lowest BCUT2D eigenvalue weighted by atomic mass is 10.1. The Kier molecular flexibility index (Phi) is 5.62. The van der Waals surface area contributed by atoms with Crippen molar-refractivity contribution in [1.29, 1.82) is 0 Å². The average molecular weight is 466 g/mol. The molecular formula is C27H23N5O3. The van der Waals surface area contributed by atoms with Gasteiger partial charge in [-0.05, 0) is 47.9 Å². The fourth-order valence-corrected chi connectivity index (χ4v) is 4.22. The van der Waals surface area contributed by atoms with Gasteiger partial charge in [0.25, 0.3) is 5.91 Å². The molecule has 174 valence electrons. The second kappa shape index (κ2) is 8.90. The minimum atomic E-state index is -0.354. The van der Waals surface area contributed by atoms with Gasteiger partial charge in [0.15, 0.2) is 0 Å². The van der Waals surface area contributed by atoms with E-state index in [0.29, 0.717) is 34.1 Å².